The number of anilines is 2. The van der Waals surface area contributed by atoms with Crippen molar-refractivity contribution in [3.63, 3.8) is 0 Å². The summed E-state index contributed by atoms with van der Waals surface area (Å²) < 4.78 is 1.72. The molecule has 154 valence electrons. The maximum absolute atomic E-state index is 11.9. The van der Waals surface area contributed by atoms with E-state index in [1.165, 1.54) is 0 Å². The number of aliphatic imine (C=N–C) groups is 1. The molecule has 1 saturated heterocycles. The molecule has 2 amide bonds. The second-order valence-electron chi connectivity index (χ2n) is 7.22. The number of nitrogens with zero attached hydrogens (tertiary/aromatic N) is 4. The van der Waals surface area contributed by atoms with Crippen LogP contribution in [0.5, 0.6) is 0 Å². The van der Waals surface area contributed by atoms with Crippen LogP contribution < -0.4 is 16.0 Å². The Hall–Kier alpha value is -3.75. The Morgan fingerprint density at radius 2 is 2.27 bits per heavy atom. The number of nitrogens with one attached hydrogen (secondary N) is 3. The Bertz CT molecular complexity index is 1110. The van der Waals surface area contributed by atoms with Crippen molar-refractivity contribution < 1.29 is 9.59 Å². The number of hydrogen-bond donors (Lipinski definition) is 3. The van der Waals surface area contributed by atoms with Crippen LogP contribution in [0.1, 0.15) is 31.7 Å². The summed E-state index contributed by atoms with van der Waals surface area (Å²) in [5.41, 5.74) is 2.73. The van der Waals surface area contributed by atoms with Crippen LogP contribution in [0.25, 0.3) is 11.7 Å². The number of imide groups is 1. The monoisotopic (exact) mass is 405 g/mol. The minimum atomic E-state index is -0.370. The minimum absolute atomic E-state index is 0.0651. The predicted octanol–water partition coefficient (Wildman–Crippen LogP) is 2.31. The molecule has 1 saturated carbocycles. The van der Waals surface area contributed by atoms with Crippen LogP contribution >= 0.6 is 0 Å². The van der Waals surface area contributed by atoms with E-state index >= 15 is 0 Å². The third-order valence-corrected chi connectivity index (χ3v) is 4.89. The zero-order valence-electron chi connectivity index (χ0n) is 16.7. The first kappa shape index (κ1) is 19.6. The molecule has 30 heavy (non-hydrogen) atoms. The Morgan fingerprint density at radius 1 is 1.43 bits per heavy atom. The van der Waals surface area contributed by atoms with Crippen LogP contribution in [0.4, 0.5) is 11.6 Å². The lowest BCUT2D eigenvalue weighted by Crippen LogP contribution is -2.19. The topological polar surface area (TPSA) is 113 Å². The van der Waals surface area contributed by atoms with Crippen molar-refractivity contribution in [2.24, 2.45) is 4.99 Å². The lowest BCUT2D eigenvalue weighted by molar-refractivity contribution is -0.124. The third kappa shape index (κ3) is 4.29. The van der Waals surface area contributed by atoms with E-state index in [-0.39, 0.29) is 18.2 Å². The number of allylic oxidation sites excluding steroid dienone is 1. The fourth-order valence-corrected chi connectivity index (χ4v) is 3.12. The molecule has 0 radical (unpaired) electrons. The van der Waals surface area contributed by atoms with Gasteiger partial charge < -0.3 is 10.6 Å². The van der Waals surface area contributed by atoms with E-state index in [0.717, 1.165) is 24.2 Å². The molecule has 0 spiro atoms. The summed E-state index contributed by atoms with van der Waals surface area (Å²) in [4.78, 5) is 31.9. The summed E-state index contributed by atoms with van der Waals surface area (Å²) in [6, 6.07) is 2.35. The molecule has 0 unspecified atom stereocenters. The second-order valence-corrected chi connectivity index (χ2v) is 7.22. The Labute approximate surface area is 173 Å². The fourth-order valence-electron chi connectivity index (χ4n) is 3.12. The number of carbonyl (C=O) groups is 2. The van der Waals surface area contributed by atoms with Gasteiger partial charge in [-0.15, -0.1) is 0 Å². The van der Waals surface area contributed by atoms with Gasteiger partial charge in [-0.2, -0.15) is 9.61 Å². The zero-order valence-corrected chi connectivity index (χ0v) is 16.7. The molecule has 9 heteroatoms. The highest BCUT2D eigenvalue weighted by Crippen LogP contribution is 2.28. The molecule has 4 rings (SSSR count). The molecule has 1 aliphatic heterocycles. The summed E-state index contributed by atoms with van der Waals surface area (Å²) >= 11 is 0. The smallest absolute Gasteiger partial charge is 0.254 e. The van der Waals surface area contributed by atoms with Crippen LogP contribution in [-0.2, 0) is 9.59 Å². The van der Waals surface area contributed by atoms with Gasteiger partial charge in [0.25, 0.3) is 5.91 Å². The first-order chi connectivity index (χ1) is 14.6. The zero-order chi connectivity index (χ0) is 21.1. The van der Waals surface area contributed by atoms with Crippen molar-refractivity contribution in [1.29, 1.82) is 0 Å². The second kappa shape index (κ2) is 8.32. The third-order valence-electron chi connectivity index (χ3n) is 4.89. The van der Waals surface area contributed by atoms with E-state index in [1.807, 2.05) is 25.1 Å². The van der Waals surface area contributed by atoms with Crippen molar-refractivity contribution >= 4 is 41.9 Å². The summed E-state index contributed by atoms with van der Waals surface area (Å²) in [5, 5.41) is 13.5. The number of rotatable bonds is 8. The van der Waals surface area contributed by atoms with E-state index in [2.05, 4.69) is 32.8 Å². The number of carbonyl (C=O) groups excluding carboxylic acids is 2. The van der Waals surface area contributed by atoms with Crippen LogP contribution in [0.3, 0.4) is 0 Å². The molecule has 2 aromatic heterocycles. The SMILES string of the molecule is C=NC=CC(=CC)CNc1cc(NC2CC2)n2ncc(C=C3CC(=O)NC3=O)c2n1. The lowest BCUT2D eigenvalue weighted by atomic mass is 10.1. The van der Waals surface area contributed by atoms with Crippen molar-refractivity contribution in [3.05, 3.63) is 47.3 Å². The van der Waals surface area contributed by atoms with E-state index < -0.39 is 0 Å². The van der Waals surface area contributed by atoms with Gasteiger partial charge in [-0.3, -0.25) is 19.9 Å². The molecule has 0 aromatic carbocycles. The Morgan fingerprint density at radius 3 is 2.93 bits per heavy atom. The summed E-state index contributed by atoms with van der Waals surface area (Å²) in [6.07, 6.45) is 11.1. The highest BCUT2D eigenvalue weighted by Gasteiger charge is 2.25. The molecule has 1 aliphatic carbocycles. The van der Waals surface area contributed by atoms with Gasteiger partial charge in [-0.25, -0.2) is 4.98 Å². The molecule has 3 heterocycles. The van der Waals surface area contributed by atoms with Gasteiger partial charge in [0.2, 0.25) is 5.91 Å². The van der Waals surface area contributed by atoms with Gasteiger partial charge in [0, 0.05) is 36.0 Å². The quantitative estimate of drug-likeness (QED) is 0.269. The van der Waals surface area contributed by atoms with E-state index in [4.69, 9.17) is 4.98 Å². The average Bonchev–Trinajstić information content (AvgIpc) is 3.37. The first-order valence-electron chi connectivity index (χ1n) is 9.79. The molecule has 9 nitrogen and oxygen atoms in total. The van der Waals surface area contributed by atoms with E-state index in [9.17, 15) is 9.59 Å². The standard InChI is InChI=1S/C21H23N7O2/c1-3-13(6-7-22-2)11-23-17-10-18(25-16-4-5-16)28-20(26-17)15(12-24-28)8-14-9-19(29)27-21(14)30/h3,6-8,10,12,16,25H,2,4-5,9,11H2,1H3,(H,23,26)(H,27,29,30). The highest BCUT2D eigenvalue weighted by atomic mass is 16.2. The predicted molar refractivity (Wildman–Crippen MR) is 116 cm³/mol. The molecule has 3 N–H and O–H groups in total. The summed E-state index contributed by atoms with van der Waals surface area (Å²) in [7, 11) is 0. The van der Waals surface area contributed by atoms with Gasteiger partial charge in [0.1, 0.15) is 11.6 Å². The normalized spacial score (nSPS) is 18.4. The maximum atomic E-state index is 11.9. The number of amides is 2. The highest BCUT2D eigenvalue weighted by molar-refractivity contribution is 6.15. The maximum Gasteiger partial charge on any atom is 0.254 e. The van der Waals surface area contributed by atoms with E-state index in [1.54, 1.807) is 23.0 Å². The summed E-state index contributed by atoms with van der Waals surface area (Å²) in [5.74, 6) is 0.837. The molecule has 0 atom stereocenters. The number of aromatic nitrogens is 3. The van der Waals surface area contributed by atoms with Gasteiger partial charge in [-0.1, -0.05) is 6.08 Å². The average molecular weight is 405 g/mol. The largest absolute Gasteiger partial charge is 0.367 e. The van der Waals surface area contributed by atoms with Crippen LogP contribution in [0, 0.1) is 0 Å². The van der Waals surface area contributed by atoms with Crippen molar-refractivity contribution in [3.8, 4) is 0 Å². The van der Waals surface area contributed by atoms with Crippen molar-refractivity contribution in [1.82, 2.24) is 19.9 Å². The molecular formula is C21H23N7O2. The van der Waals surface area contributed by atoms with E-state index in [0.29, 0.717) is 35.2 Å². The molecule has 2 aliphatic rings. The minimum Gasteiger partial charge on any atom is -0.367 e. The van der Waals surface area contributed by atoms with Crippen molar-refractivity contribution in [2.45, 2.75) is 32.2 Å². The molecule has 2 fully saturated rings. The van der Waals surface area contributed by atoms with Crippen LogP contribution in [0.2, 0.25) is 0 Å². The fraction of sp³-hybridized carbons (Fsp3) is 0.286. The van der Waals surface area contributed by atoms with Gasteiger partial charge in [0.05, 0.1) is 12.6 Å². The number of fused-ring (bicyclic) bond motifs is 1. The number of hydrogen-bond acceptors (Lipinski definition) is 7. The van der Waals surface area contributed by atoms with Gasteiger partial charge >= 0.3 is 0 Å². The molecule has 0 bridgehead atoms. The first-order valence-corrected chi connectivity index (χ1v) is 9.79. The van der Waals surface area contributed by atoms with Crippen molar-refractivity contribution in [2.75, 3.05) is 17.2 Å². The van der Waals surface area contributed by atoms with Crippen LogP contribution in [0.15, 0.2) is 46.8 Å². The van der Waals surface area contributed by atoms with Crippen LogP contribution in [-0.4, -0.2) is 45.7 Å². The molecular weight excluding hydrogens is 382 g/mol. The molecule has 2 aromatic rings. The summed E-state index contributed by atoms with van der Waals surface area (Å²) in [6.45, 7) is 5.97. The Balaban J connectivity index is 1.67. The lowest BCUT2D eigenvalue weighted by Gasteiger charge is -2.12. The Kier molecular flexibility index (Phi) is 5.42. The van der Waals surface area contributed by atoms with Gasteiger partial charge in [-0.05, 0) is 44.2 Å². The van der Waals surface area contributed by atoms with Gasteiger partial charge in [0.15, 0.2) is 5.65 Å².